The van der Waals surface area contributed by atoms with E-state index in [0.29, 0.717) is 34.1 Å². The van der Waals surface area contributed by atoms with Gasteiger partial charge in [0, 0.05) is 19.4 Å². The van der Waals surface area contributed by atoms with Gasteiger partial charge < -0.3 is 14.6 Å². The van der Waals surface area contributed by atoms with E-state index < -0.39 is 11.7 Å². The van der Waals surface area contributed by atoms with Crippen LogP contribution in [0.3, 0.4) is 0 Å². The lowest BCUT2D eigenvalue weighted by atomic mass is 9.75. The number of carbonyl (C=O) groups excluding carboxylic acids is 1. The maximum absolute atomic E-state index is 12.9. The van der Waals surface area contributed by atoms with Gasteiger partial charge in [-0.25, -0.2) is 0 Å². The number of para-hydroxylation sites is 1. The van der Waals surface area contributed by atoms with Gasteiger partial charge in [0.1, 0.15) is 11.9 Å². The molecule has 0 aliphatic heterocycles. The second kappa shape index (κ2) is 8.83. The van der Waals surface area contributed by atoms with Crippen LogP contribution >= 0.6 is 11.6 Å². The van der Waals surface area contributed by atoms with E-state index in [9.17, 15) is 9.90 Å². The Balaban J connectivity index is 2.21. The Morgan fingerprint density at radius 1 is 1.26 bits per heavy atom. The van der Waals surface area contributed by atoms with E-state index in [1.165, 1.54) is 20.3 Å². The normalized spacial score (nSPS) is 24.6. The van der Waals surface area contributed by atoms with Gasteiger partial charge in [-0.2, -0.15) is 0 Å². The van der Waals surface area contributed by atoms with Crippen molar-refractivity contribution in [3.05, 3.63) is 28.8 Å². The number of aliphatic hydroxyl groups is 1. The summed E-state index contributed by atoms with van der Waals surface area (Å²) in [5.74, 6) is -0.449. The summed E-state index contributed by atoms with van der Waals surface area (Å²) >= 11 is 6.27. The largest absolute Gasteiger partial charge is 0.462 e. The molecule has 2 rings (SSSR count). The summed E-state index contributed by atoms with van der Waals surface area (Å²) in [5, 5.41) is 10.4. The predicted molar refractivity (Wildman–Crippen MR) is 108 cm³/mol. The molecule has 1 aliphatic rings. The first-order valence-electron chi connectivity index (χ1n) is 9.90. The minimum Gasteiger partial charge on any atom is -0.462 e. The molecule has 1 N–H and O–H groups in total. The third kappa shape index (κ3) is 5.86. The molecule has 0 heterocycles. The molecule has 27 heavy (non-hydrogen) atoms. The quantitative estimate of drug-likeness (QED) is 0.505. The summed E-state index contributed by atoms with van der Waals surface area (Å²) in [6.07, 6.45) is 3.13. The monoisotopic (exact) mass is 396 g/mol. The summed E-state index contributed by atoms with van der Waals surface area (Å²) in [5.41, 5.74) is 0.625. The number of hydrogen-bond donors (Lipinski definition) is 1. The molecular weight excluding hydrogens is 364 g/mol. The minimum absolute atomic E-state index is 0.0541. The number of hydrogen-bond acceptors (Lipinski definition) is 4. The SMILES string of the molecule is CC(C)[C@H]1CC[C@H](C)C[C@@H]1OC(=O)[C@H](C)c1cccc(Cl)c1OC(C)(C)O. The molecule has 1 aliphatic carbocycles. The smallest absolute Gasteiger partial charge is 0.313 e. The van der Waals surface area contributed by atoms with E-state index in [-0.39, 0.29) is 12.1 Å². The Bertz CT molecular complexity index is 650. The highest BCUT2D eigenvalue weighted by atomic mass is 35.5. The Labute approximate surface area is 168 Å². The van der Waals surface area contributed by atoms with Crippen molar-refractivity contribution in [2.24, 2.45) is 17.8 Å². The van der Waals surface area contributed by atoms with Gasteiger partial charge in [0.05, 0.1) is 10.9 Å². The van der Waals surface area contributed by atoms with Crippen LogP contribution in [0.5, 0.6) is 5.75 Å². The zero-order chi connectivity index (χ0) is 20.4. The molecule has 4 atom stereocenters. The number of carbonyl (C=O) groups is 1. The minimum atomic E-state index is -1.40. The molecule has 0 saturated heterocycles. The molecule has 0 bridgehead atoms. The lowest BCUT2D eigenvalue weighted by Crippen LogP contribution is -2.36. The Hall–Kier alpha value is -1.26. The highest BCUT2D eigenvalue weighted by Gasteiger charge is 2.35. The van der Waals surface area contributed by atoms with Crippen LogP contribution in [-0.4, -0.2) is 23.0 Å². The van der Waals surface area contributed by atoms with Crippen LogP contribution in [-0.2, 0) is 9.53 Å². The fourth-order valence-corrected chi connectivity index (χ4v) is 4.07. The molecular formula is C22H33ClO4. The first kappa shape index (κ1) is 22.0. The van der Waals surface area contributed by atoms with Gasteiger partial charge in [0.25, 0.3) is 0 Å². The average molecular weight is 397 g/mol. The van der Waals surface area contributed by atoms with Crippen LogP contribution in [0.15, 0.2) is 18.2 Å². The van der Waals surface area contributed by atoms with Crippen LogP contribution in [0.2, 0.25) is 5.02 Å². The Morgan fingerprint density at radius 2 is 1.93 bits per heavy atom. The molecule has 4 nitrogen and oxygen atoms in total. The van der Waals surface area contributed by atoms with Crippen molar-refractivity contribution in [3.8, 4) is 5.75 Å². The van der Waals surface area contributed by atoms with Crippen molar-refractivity contribution in [2.75, 3.05) is 0 Å². The van der Waals surface area contributed by atoms with Gasteiger partial charge in [-0.05, 0) is 43.6 Å². The molecule has 0 amide bonds. The Kier molecular flexibility index (Phi) is 7.20. The molecule has 0 spiro atoms. The predicted octanol–water partition coefficient (Wildman–Crippen LogP) is 5.55. The summed E-state index contributed by atoms with van der Waals surface area (Å²) in [4.78, 5) is 12.9. The van der Waals surface area contributed by atoms with Gasteiger partial charge in [-0.15, -0.1) is 0 Å². The van der Waals surface area contributed by atoms with Gasteiger partial charge >= 0.3 is 5.97 Å². The van der Waals surface area contributed by atoms with E-state index in [1.54, 1.807) is 25.1 Å². The van der Waals surface area contributed by atoms with Gasteiger partial charge in [0.15, 0.2) is 0 Å². The lowest BCUT2D eigenvalue weighted by molar-refractivity contribution is -0.157. The first-order valence-corrected chi connectivity index (χ1v) is 10.3. The maximum Gasteiger partial charge on any atom is 0.313 e. The molecule has 0 unspecified atom stereocenters. The number of ether oxygens (including phenoxy) is 2. The summed E-state index contributed by atoms with van der Waals surface area (Å²) in [6, 6.07) is 5.25. The molecule has 1 aromatic carbocycles. The molecule has 0 radical (unpaired) electrons. The highest BCUT2D eigenvalue weighted by molar-refractivity contribution is 6.32. The van der Waals surface area contributed by atoms with E-state index in [1.807, 2.05) is 0 Å². The standard InChI is InChI=1S/C22H33ClO4/c1-13(2)16-11-10-14(3)12-19(16)26-21(24)15(4)17-8-7-9-18(23)20(17)27-22(5,6)25/h7-9,13-16,19,25H,10-12H2,1-6H3/t14-,15+,16+,19-/m0/s1. The molecule has 152 valence electrons. The van der Waals surface area contributed by atoms with Crippen LogP contribution in [0.1, 0.15) is 72.3 Å². The summed E-state index contributed by atoms with van der Waals surface area (Å²) in [6.45, 7) is 11.4. The molecule has 1 aromatic rings. The molecule has 5 heteroatoms. The van der Waals surface area contributed by atoms with E-state index in [2.05, 4.69) is 20.8 Å². The van der Waals surface area contributed by atoms with Gasteiger partial charge in [-0.1, -0.05) is 50.9 Å². The van der Waals surface area contributed by atoms with Crippen molar-refractivity contribution >= 4 is 17.6 Å². The number of rotatable bonds is 6. The lowest BCUT2D eigenvalue weighted by Gasteiger charge is -2.37. The number of halogens is 1. The fraction of sp³-hybridized carbons (Fsp3) is 0.682. The molecule has 1 fully saturated rings. The van der Waals surface area contributed by atoms with Crippen molar-refractivity contribution in [2.45, 2.75) is 78.6 Å². The Morgan fingerprint density at radius 3 is 2.52 bits per heavy atom. The third-order valence-electron chi connectivity index (χ3n) is 5.40. The van der Waals surface area contributed by atoms with Crippen molar-refractivity contribution in [1.82, 2.24) is 0 Å². The average Bonchev–Trinajstić information content (AvgIpc) is 2.54. The highest BCUT2D eigenvalue weighted by Crippen LogP contribution is 2.39. The molecule has 0 aromatic heterocycles. The third-order valence-corrected chi connectivity index (χ3v) is 5.70. The first-order chi connectivity index (χ1) is 12.5. The zero-order valence-corrected chi connectivity index (χ0v) is 18.0. The van der Waals surface area contributed by atoms with Crippen LogP contribution in [0, 0.1) is 17.8 Å². The van der Waals surface area contributed by atoms with Gasteiger partial charge in [0.2, 0.25) is 5.79 Å². The van der Waals surface area contributed by atoms with Crippen molar-refractivity contribution in [3.63, 3.8) is 0 Å². The maximum atomic E-state index is 12.9. The van der Waals surface area contributed by atoms with Crippen molar-refractivity contribution < 1.29 is 19.4 Å². The van der Waals surface area contributed by atoms with Crippen LogP contribution < -0.4 is 4.74 Å². The second-order valence-electron chi connectivity index (χ2n) is 8.73. The van der Waals surface area contributed by atoms with E-state index in [0.717, 1.165) is 12.8 Å². The topological polar surface area (TPSA) is 55.8 Å². The van der Waals surface area contributed by atoms with Crippen LogP contribution in [0.25, 0.3) is 0 Å². The van der Waals surface area contributed by atoms with Crippen LogP contribution in [0.4, 0.5) is 0 Å². The fourth-order valence-electron chi connectivity index (χ4n) is 3.85. The summed E-state index contributed by atoms with van der Waals surface area (Å²) < 4.78 is 11.6. The summed E-state index contributed by atoms with van der Waals surface area (Å²) in [7, 11) is 0. The second-order valence-corrected chi connectivity index (χ2v) is 9.14. The van der Waals surface area contributed by atoms with Gasteiger partial charge in [-0.3, -0.25) is 4.79 Å². The number of esters is 1. The molecule has 1 saturated carbocycles. The van der Waals surface area contributed by atoms with Crippen molar-refractivity contribution in [1.29, 1.82) is 0 Å². The zero-order valence-electron chi connectivity index (χ0n) is 17.3. The van der Waals surface area contributed by atoms with E-state index >= 15 is 0 Å². The number of benzene rings is 1. The van der Waals surface area contributed by atoms with E-state index in [4.69, 9.17) is 21.1 Å².